The number of thiazole rings is 1. The van der Waals surface area contributed by atoms with E-state index in [9.17, 15) is 9.59 Å². The summed E-state index contributed by atoms with van der Waals surface area (Å²) in [7, 11) is 0. The average Bonchev–Trinajstić information content (AvgIpc) is 2.52. The van der Waals surface area contributed by atoms with Gasteiger partial charge in [0.05, 0.1) is 0 Å². The molecular formula is C7H6N2O2S. The molecule has 1 rings (SSSR count). The summed E-state index contributed by atoms with van der Waals surface area (Å²) in [6.45, 7) is 3.28. The van der Waals surface area contributed by atoms with Crippen molar-refractivity contribution < 1.29 is 9.59 Å². The second-order valence-electron chi connectivity index (χ2n) is 1.89. The molecule has 0 radical (unpaired) electrons. The molecule has 1 amide bonds. The van der Waals surface area contributed by atoms with Crippen molar-refractivity contribution in [3.63, 3.8) is 0 Å². The van der Waals surface area contributed by atoms with Crippen LogP contribution in [0.5, 0.6) is 0 Å². The van der Waals surface area contributed by atoms with Gasteiger partial charge in [-0.3, -0.25) is 14.9 Å². The van der Waals surface area contributed by atoms with Crippen LogP contribution in [0.2, 0.25) is 0 Å². The van der Waals surface area contributed by atoms with Gasteiger partial charge < -0.3 is 0 Å². The van der Waals surface area contributed by atoms with E-state index in [0.29, 0.717) is 17.1 Å². The van der Waals surface area contributed by atoms with Gasteiger partial charge in [0.2, 0.25) is 5.91 Å². The van der Waals surface area contributed by atoms with Gasteiger partial charge >= 0.3 is 0 Å². The number of aromatic nitrogens is 1. The van der Waals surface area contributed by atoms with E-state index >= 15 is 0 Å². The molecule has 0 unspecified atom stereocenters. The highest BCUT2D eigenvalue weighted by Crippen LogP contribution is 2.13. The van der Waals surface area contributed by atoms with E-state index in [-0.39, 0.29) is 5.91 Å². The molecule has 0 aliphatic rings. The standard InChI is InChI=1S/C7H6N2O2S/c1-2-6(11)9-7-8-5(3-10)4-12-7/h2-4H,1H2,(H,8,9,11). The van der Waals surface area contributed by atoms with Crippen LogP contribution in [0.4, 0.5) is 5.13 Å². The molecule has 1 aromatic rings. The molecule has 0 aromatic carbocycles. The largest absolute Gasteiger partial charge is 0.298 e. The van der Waals surface area contributed by atoms with Crippen molar-refractivity contribution in [2.45, 2.75) is 0 Å². The van der Waals surface area contributed by atoms with E-state index in [1.807, 2.05) is 0 Å². The minimum absolute atomic E-state index is 0.319. The molecule has 0 aliphatic heterocycles. The SMILES string of the molecule is C=CC(=O)Nc1nc(C=O)cs1. The van der Waals surface area contributed by atoms with Crippen LogP contribution in [0.25, 0.3) is 0 Å². The van der Waals surface area contributed by atoms with Crippen LogP contribution in [0.3, 0.4) is 0 Å². The fourth-order valence-electron chi connectivity index (χ4n) is 0.554. The van der Waals surface area contributed by atoms with E-state index in [4.69, 9.17) is 0 Å². The number of hydrogen-bond acceptors (Lipinski definition) is 4. The summed E-state index contributed by atoms with van der Waals surface area (Å²) in [5.41, 5.74) is 0.319. The van der Waals surface area contributed by atoms with Gasteiger partial charge in [0.1, 0.15) is 5.69 Å². The molecule has 0 spiro atoms. The first-order chi connectivity index (χ1) is 5.76. The monoisotopic (exact) mass is 182 g/mol. The van der Waals surface area contributed by atoms with Crippen LogP contribution >= 0.6 is 11.3 Å². The first-order valence-electron chi connectivity index (χ1n) is 3.10. The number of aldehydes is 1. The van der Waals surface area contributed by atoms with Gasteiger partial charge in [-0.1, -0.05) is 6.58 Å². The Bertz CT molecular complexity index is 319. The van der Waals surface area contributed by atoms with E-state index < -0.39 is 0 Å². The Labute approximate surface area is 72.9 Å². The zero-order chi connectivity index (χ0) is 8.97. The second kappa shape index (κ2) is 3.77. The molecule has 0 saturated carbocycles. The second-order valence-corrected chi connectivity index (χ2v) is 2.75. The number of anilines is 1. The number of carbonyl (C=O) groups excluding carboxylic acids is 2. The highest BCUT2D eigenvalue weighted by molar-refractivity contribution is 7.14. The van der Waals surface area contributed by atoms with Crippen LogP contribution in [0.15, 0.2) is 18.0 Å². The van der Waals surface area contributed by atoms with Crippen molar-refractivity contribution in [3.05, 3.63) is 23.7 Å². The van der Waals surface area contributed by atoms with E-state index in [2.05, 4.69) is 16.9 Å². The maximum Gasteiger partial charge on any atom is 0.249 e. The summed E-state index contributed by atoms with van der Waals surface area (Å²) in [6.07, 6.45) is 1.77. The number of carbonyl (C=O) groups is 2. The van der Waals surface area contributed by atoms with Crippen LogP contribution < -0.4 is 5.32 Å². The van der Waals surface area contributed by atoms with Gasteiger partial charge in [-0.05, 0) is 6.08 Å². The fourth-order valence-corrected chi connectivity index (χ4v) is 1.21. The Morgan fingerprint density at radius 1 is 1.75 bits per heavy atom. The van der Waals surface area contributed by atoms with E-state index in [1.54, 1.807) is 5.38 Å². The molecule has 5 heteroatoms. The molecule has 62 valence electrons. The zero-order valence-electron chi connectivity index (χ0n) is 6.11. The summed E-state index contributed by atoms with van der Waals surface area (Å²) in [5.74, 6) is -0.332. The van der Waals surface area contributed by atoms with Crippen LogP contribution in [-0.2, 0) is 4.79 Å². The molecule has 1 N–H and O–H groups in total. The topological polar surface area (TPSA) is 59.1 Å². The Morgan fingerprint density at radius 3 is 3.00 bits per heavy atom. The Balaban J connectivity index is 2.69. The summed E-state index contributed by atoms with van der Waals surface area (Å²) >= 11 is 1.20. The van der Waals surface area contributed by atoms with Crippen molar-refractivity contribution in [1.29, 1.82) is 0 Å². The third-order valence-electron chi connectivity index (χ3n) is 1.06. The average molecular weight is 182 g/mol. The number of hydrogen-bond donors (Lipinski definition) is 1. The maximum absolute atomic E-state index is 10.7. The van der Waals surface area contributed by atoms with Gasteiger partial charge in [0.15, 0.2) is 11.4 Å². The lowest BCUT2D eigenvalue weighted by Gasteiger charge is -1.92. The van der Waals surface area contributed by atoms with Gasteiger partial charge in [-0.2, -0.15) is 0 Å². The van der Waals surface area contributed by atoms with Crippen molar-refractivity contribution in [3.8, 4) is 0 Å². The molecule has 0 atom stereocenters. The van der Waals surface area contributed by atoms with Gasteiger partial charge in [-0.15, -0.1) is 11.3 Å². The predicted octanol–water partition coefficient (Wildman–Crippen LogP) is 1.08. The Hall–Kier alpha value is -1.49. The Kier molecular flexibility index (Phi) is 2.71. The summed E-state index contributed by atoms with van der Waals surface area (Å²) < 4.78 is 0. The van der Waals surface area contributed by atoms with Gasteiger partial charge in [0.25, 0.3) is 0 Å². The predicted molar refractivity (Wildman–Crippen MR) is 46.3 cm³/mol. The number of rotatable bonds is 3. The highest BCUT2D eigenvalue weighted by Gasteiger charge is 2.01. The molecule has 4 nitrogen and oxygen atoms in total. The van der Waals surface area contributed by atoms with Gasteiger partial charge in [-0.25, -0.2) is 4.98 Å². The van der Waals surface area contributed by atoms with Gasteiger partial charge in [0, 0.05) is 5.38 Å². The molecular weight excluding hydrogens is 176 g/mol. The molecule has 1 aromatic heterocycles. The number of nitrogens with zero attached hydrogens (tertiary/aromatic N) is 1. The third-order valence-corrected chi connectivity index (χ3v) is 1.83. The van der Waals surface area contributed by atoms with Crippen molar-refractivity contribution >= 4 is 28.7 Å². The van der Waals surface area contributed by atoms with Crippen LogP contribution in [0, 0.1) is 0 Å². The third kappa shape index (κ3) is 2.00. The first kappa shape index (κ1) is 8.61. The zero-order valence-corrected chi connectivity index (χ0v) is 6.93. The molecule has 0 aliphatic carbocycles. The Morgan fingerprint density at radius 2 is 2.50 bits per heavy atom. The highest BCUT2D eigenvalue weighted by atomic mass is 32.1. The first-order valence-corrected chi connectivity index (χ1v) is 3.98. The summed E-state index contributed by atoms with van der Waals surface area (Å²) in [5, 5.41) is 4.40. The number of nitrogens with one attached hydrogen (secondary N) is 1. The summed E-state index contributed by atoms with van der Waals surface area (Å²) in [4.78, 5) is 24.7. The van der Waals surface area contributed by atoms with E-state index in [1.165, 1.54) is 11.3 Å². The molecule has 0 fully saturated rings. The smallest absolute Gasteiger partial charge is 0.249 e. The minimum Gasteiger partial charge on any atom is -0.298 e. The molecule has 12 heavy (non-hydrogen) atoms. The van der Waals surface area contributed by atoms with Crippen molar-refractivity contribution in [2.75, 3.05) is 5.32 Å². The van der Waals surface area contributed by atoms with Crippen molar-refractivity contribution in [2.24, 2.45) is 0 Å². The summed E-state index contributed by atoms with van der Waals surface area (Å²) in [6, 6.07) is 0. The van der Waals surface area contributed by atoms with Crippen LogP contribution in [0.1, 0.15) is 10.5 Å². The minimum atomic E-state index is -0.332. The maximum atomic E-state index is 10.7. The van der Waals surface area contributed by atoms with Crippen LogP contribution in [-0.4, -0.2) is 17.2 Å². The normalized spacial score (nSPS) is 9.00. The molecule has 0 saturated heterocycles. The quantitative estimate of drug-likeness (QED) is 0.562. The lowest BCUT2D eigenvalue weighted by atomic mass is 10.6. The fraction of sp³-hybridized carbons (Fsp3) is 0. The van der Waals surface area contributed by atoms with Crippen molar-refractivity contribution in [1.82, 2.24) is 4.98 Å². The molecule has 0 bridgehead atoms. The lowest BCUT2D eigenvalue weighted by Crippen LogP contribution is -2.06. The van der Waals surface area contributed by atoms with E-state index in [0.717, 1.165) is 6.08 Å². The lowest BCUT2D eigenvalue weighted by molar-refractivity contribution is -0.111. The molecule has 1 heterocycles. The number of amides is 1.